The van der Waals surface area contributed by atoms with Crippen molar-refractivity contribution in [3.8, 4) is 5.75 Å². The quantitative estimate of drug-likeness (QED) is 0.528. The largest absolute Gasteiger partial charge is 0.508 e. The number of hydrogen-bond acceptors (Lipinski definition) is 4. The molecular weight excluding hydrogens is 428 g/mol. The molecule has 1 aliphatic rings. The van der Waals surface area contributed by atoms with E-state index < -0.39 is 23.5 Å². The third kappa shape index (κ3) is 4.42. The molecule has 2 aromatic rings. The first-order chi connectivity index (χ1) is 13.3. The molecular formula is C19H19BrN4O4. The molecule has 1 saturated heterocycles. The van der Waals surface area contributed by atoms with Crippen molar-refractivity contribution in [2.75, 3.05) is 5.32 Å². The van der Waals surface area contributed by atoms with E-state index in [9.17, 15) is 19.5 Å². The third-order valence-corrected chi connectivity index (χ3v) is 4.96. The van der Waals surface area contributed by atoms with Gasteiger partial charge in [0.25, 0.3) is 5.91 Å². The Morgan fingerprint density at radius 1 is 1.14 bits per heavy atom. The number of carbonyl (C=O) groups is 3. The fraction of sp³-hybridized carbons (Fsp3) is 0.211. The molecule has 8 nitrogen and oxygen atoms in total. The van der Waals surface area contributed by atoms with E-state index in [0.717, 1.165) is 10.0 Å². The zero-order chi connectivity index (χ0) is 20.3. The van der Waals surface area contributed by atoms with Crippen LogP contribution in [0, 0.1) is 0 Å². The standard InChI is InChI=1S/C19H19BrN4O4/c1-19(11-10-12-2-8-15(25)9-3-12)16(26)24(18(28)22-19)23-17(27)21-14-6-4-13(20)5-7-14/h2-9,25H,10-11H2,1H3,(H,22,28)(H2,21,23,27). The summed E-state index contributed by atoms with van der Waals surface area (Å²) >= 11 is 3.30. The lowest BCUT2D eigenvalue weighted by atomic mass is 9.93. The summed E-state index contributed by atoms with van der Waals surface area (Å²) in [6.45, 7) is 1.61. The summed E-state index contributed by atoms with van der Waals surface area (Å²) in [6.07, 6.45) is 0.858. The number of hydrazine groups is 1. The van der Waals surface area contributed by atoms with Crippen molar-refractivity contribution >= 4 is 39.6 Å². The molecule has 0 radical (unpaired) electrons. The van der Waals surface area contributed by atoms with E-state index in [0.29, 0.717) is 23.5 Å². The lowest BCUT2D eigenvalue weighted by molar-refractivity contribution is -0.132. The van der Waals surface area contributed by atoms with Gasteiger partial charge in [0.1, 0.15) is 11.3 Å². The number of benzene rings is 2. The van der Waals surface area contributed by atoms with Crippen LogP contribution >= 0.6 is 15.9 Å². The number of rotatable bonds is 5. The molecule has 0 bridgehead atoms. The van der Waals surface area contributed by atoms with Crippen molar-refractivity contribution in [1.29, 1.82) is 0 Å². The number of aryl methyl sites for hydroxylation is 1. The van der Waals surface area contributed by atoms with E-state index in [2.05, 4.69) is 32.0 Å². The van der Waals surface area contributed by atoms with Crippen LogP contribution in [0.4, 0.5) is 15.3 Å². The van der Waals surface area contributed by atoms with Crippen molar-refractivity contribution < 1.29 is 19.5 Å². The van der Waals surface area contributed by atoms with Gasteiger partial charge in [0.2, 0.25) is 0 Å². The fourth-order valence-electron chi connectivity index (χ4n) is 2.81. The van der Waals surface area contributed by atoms with Crippen LogP contribution in [0.2, 0.25) is 0 Å². The van der Waals surface area contributed by atoms with Crippen LogP contribution in [-0.4, -0.2) is 33.6 Å². The van der Waals surface area contributed by atoms with Gasteiger partial charge in [-0.2, -0.15) is 5.01 Å². The minimum absolute atomic E-state index is 0.160. The second-order valence-corrected chi connectivity index (χ2v) is 7.56. The maximum Gasteiger partial charge on any atom is 0.344 e. The van der Waals surface area contributed by atoms with E-state index in [4.69, 9.17) is 0 Å². The molecule has 146 valence electrons. The molecule has 3 rings (SSSR count). The summed E-state index contributed by atoms with van der Waals surface area (Å²) in [4.78, 5) is 37.0. The minimum Gasteiger partial charge on any atom is -0.508 e. The molecule has 1 fully saturated rings. The Morgan fingerprint density at radius 2 is 1.79 bits per heavy atom. The molecule has 1 atom stereocenters. The van der Waals surface area contributed by atoms with Crippen molar-refractivity contribution in [2.45, 2.75) is 25.3 Å². The second-order valence-electron chi connectivity index (χ2n) is 6.64. The molecule has 1 aliphatic heterocycles. The Bertz CT molecular complexity index is 901. The SMILES string of the molecule is CC1(CCc2ccc(O)cc2)NC(=O)N(NC(=O)Nc2ccc(Br)cc2)C1=O. The summed E-state index contributed by atoms with van der Waals surface area (Å²) in [6, 6.07) is 12.1. The Labute approximate surface area is 170 Å². The predicted octanol–water partition coefficient (Wildman–Crippen LogP) is 3.13. The van der Waals surface area contributed by atoms with E-state index in [1.807, 2.05) is 0 Å². The monoisotopic (exact) mass is 446 g/mol. The van der Waals surface area contributed by atoms with Gasteiger partial charge in [0.05, 0.1) is 0 Å². The first kappa shape index (κ1) is 19.7. The highest BCUT2D eigenvalue weighted by atomic mass is 79.9. The molecule has 1 unspecified atom stereocenters. The maximum absolute atomic E-state index is 12.7. The van der Waals surface area contributed by atoms with E-state index in [-0.39, 0.29) is 5.75 Å². The number of phenols is 1. The molecule has 5 amide bonds. The number of hydrogen-bond donors (Lipinski definition) is 4. The average molecular weight is 447 g/mol. The zero-order valence-electron chi connectivity index (χ0n) is 15.0. The van der Waals surface area contributed by atoms with Gasteiger partial charge in [-0.15, -0.1) is 0 Å². The van der Waals surface area contributed by atoms with Gasteiger partial charge in [-0.1, -0.05) is 28.1 Å². The summed E-state index contributed by atoms with van der Waals surface area (Å²) in [5.74, 6) is -0.380. The van der Waals surface area contributed by atoms with Crippen molar-refractivity contribution in [2.24, 2.45) is 0 Å². The number of carbonyl (C=O) groups excluding carboxylic acids is 3. The average Bonchev–Trinajstić information content (AvgIpc) is 2.87. The number of amides is 5. The fourth-order valence-corrected chi connectivity index (χ4v) is 3.07. The molecule has 0 aliphatic carbocycles. The molecule has 9 heteroatoms. The van der Waals surface area contributed by atoms with E-state index in [1.54, 1.807) is 55.5 Å². The number of aromatic hydroxyl groups is 1. The molecule has 0 aromatic heterocycles. The Morgan fingerprint density at radius 3 is 2.43 bits per heavy atom. The first-order valence-electron chi connectivity index (χ1n) is 8.55. The lowest BCUT2D eigenvalue weighted by Gasteiger charge is -2.21. The summed E-state index contributed by atoms with van der Waals surface area (Å²) < 4.78 is 0.858. The molecule has 1 heterocycles. The number of nitrogens with one attached hydrogen (secondary N) is 3. The molecule has 0 spiro atoms. The van der Waals surface area contributed by atoms with Crippen molar-refractivity contribution in [3.63, 3.8) is 0 Å². The number of imide groups is 1. The predicted molar refractivity (Wildman–Crippen MR) is 107 cm³/mol. The van der Waals surface area contributed by atoms with Crippen LogP contribution in [0.1, 0.15) is 18.9 Å². The third-order valence-electron chi connectivity index (χ3n) is 4.43. The molecule has 2 aromatic carbocycles. The lowest BCUT2D eigenvalue weighted by Crippen LogP contribution is -2.50. The van der Waals surface area contributed by atoms with Gasteiger partial charge in [-0.3, -0.25) is 4.79 Å². The van der Waals surface area contributed by atoms with Crippen molar-refractivity contribution in [3.05, 3.63) is 58.6 Å². The van der Waals surface area contributed by atoms with E-state index in [1.165, 1.54) is 0 Å². The van der Waals surface area contributed by atoms with E-state index >= 15 is 0 Å². The van der Waals surface area contributed by atoms with Crippen LogP contribution in [0.25, 0.3) is 0 Å². The van der Waals surface area contributed by atoms with Crippen molar-refractivity contribution in [1.82, 2.24) is 15.8 Å². The number of urea groups is 2. The van der Waals surface area contributed by atoms with Gasteiger partial charge in [0.15, 0.2) is 0 Å². The van der Waals surface area contributed by atoms with Gasteiger partial charge in [0, 0.05) is 10.2 Å². The Hall–Kier alpha value is -3.07. The normalized spacial score (nSPS) is 18.7. The van der Waals surface area contributed by atoms with Crippen LogP contribution < -0.4 is 16.1 Å². The zero-order valence-corrected chi connectivity index (χ0v) is 16.6. The Kier molecular flexibility index (Phi) is 5.55. The number of phenolic OH excluding ortho intramolecular Hbond substituents is 1. The van der Waals surface area contributed by atoms with Crippen LogP contribution in [0.5, 0.6) is 5.75 Å². The number of nitrogens with zero attached hydrogens (tertiary/aromatic N) is 1. The summed E-state index contributed by atoms with van der Waals surface area (Å²) in [7, 11) is 0. The summed E-state index contributed by atoms with van der Waals surface area (Å²) in [5, 5.41) is 15.2. The Balaban J connectivity index is 1.60. The topological polar surface area (TPSA) is 111 Å². The first-order valence-corrected chi connectivity index (χ1v) is 9.34. The van der Waals surface area contributed by atoms with Gasteiger partial charge >= 0.3 is 12.1 Å². The molecule has 0 saturated carbocycles. The van der Waals surface area contributed by atoms with Crippen LogP contribution in [0.3, 0.4) is 0 Å². The summed E-state index contributed by atoms with van der Waals surface area (Å²) in [5.41, 5.74) is 2.57. The highest BCUT2D eigenvalue weighted by Crippen LogP contribution is 2.23. The smallest absolute Gasteiger partial charge is 0.344 e. The van der Waals surface area contributed by atoms with Gasteiger partial charge in [-0.25, -0.2) is 15.0 Å². The van der Waals surface area contributed by atoms with Gasteiger partial charge in [-0.05, 0) is 61.7 Å². The van der Waals surface area contributed by atoms with Crippen LogP contribution in [-0.2, 0) is 11.2 Å². The minimum atomic E-state index is -1.14. The second kappa shape index (κ2) is 7.89. The highest BCUT2D eigenvalue weighted by molar-refractivity contribution is 9.10. The molecule has 4 N–H and O–H groups in total. The number of anilines is 1. The maximum atomic E-state index is 12.7. The number of halogens is 1. The van der Waals surface area contributed by atoms with Crippen LogP contribution in [0.15, 0.2) is 53.0 Å². The molecule has 28 heavy (non-hydrogen) atoms. The van der Waals surface area contributed by atoms with Gasteiger partial charge < -0.3 is 15.7 Å². The highest BCUT2D eigenvalue weighted by Gasteiger charge is 2.48.